The second kappa shape index (κ2) is 7.90. The van der Waals surface area contributed by atoms with E-state index in [1.165, 1.54) is 16.9 Å². The molecular weight excluding hydrogens is 294 g/mol. The molecule has 0 saturated carbocycles. The Morgan fingerprint density at radius 3 is 2.41 bits per heavy atom. The fourth-order valence-electron chi connectivity index (χ4n) is 2.14. The van der Waals surface area contributed by atoms with E-state index in [0.717, 1.165) is 10.6 Å². The van der Waals surface area contributed by atoms with E-state index in [1.807, 2.05) is 41.8 Å². The number of carbonyl (C=O) groups is 2. The second-order valence-electron chi connectivity index (χ2n) is 5.58. The summed E-state index contributed by atoms with van der Waals surface area (Å²) in [5.41, 5.74) is 2.05. The van der Waals surface area contributed by atoms with Crippen molar-refractivity contribution in [1.29, 1.82) is 0 Å². The standard InChI is InChI=1S/C18H21NO2S/c1-13(2)14-8-10-15(11-9-14)19-18(21)7-3-5-16(20)17-6-4-12-22-17/h4,6,8-13H,3,5,7H2,1-2H3,(H,19,21). The van der Waals surface area contributed by atoms with E-state index in [1.54, 1.807) is 0 Å². The quantitative estimate of drug-likeness (QED) is 0.741. The molecule has 22 heavy (non-hydrogen) atoms. The molecule has 3 nitrogen and oxygen atoms in total. The van der Waals surface area contributed by atoms with E-state index < -0.39 is 0 Å². The molecule has 0 spiro atoms. The smallest absolute Gasteiger partial charge is 0.224 e. The zero-order chi connectivity index (χ0) is 15.9. The van der Waals surface area contributed by atoms with Gasteiger partial charge >= 0.3 is 0 Å². The fraction of sp³-hybridized carbons (Fsp3) is 0.333. The molecule has 2 rings (SSSR count). The Labute approximate surface area is 135 Å². The van der Waals surface area contributed by atoms with Gasteiger partial charge in [0.15, 0.2) is 5.78 Å². The number of rotatable bonds is 7. The second-order valence-corrected chi connectivity index (χ2v) is 6.53. The zero-order valence-electron chi connectivity index (χ0n) is 13.0. The lowest BCUT2D eigenvalue weighted by Crippen LogP contribution is -2.11. The van der Waals surface area contributed by atoms with Gasteiger partial charge in [-0.2, -0.15) is 0 Å². The number of nitrogens with one attached hydrogen (secondary N) is 1. The highest BCUT2D eigenvalue weighted by atomic mass is 32.1. The molecule has 0 unspecified atom stereocenters. The molecule has 1 amide bonds. The van der Waals surface area contributed by atoms with E-state index in [9.17, 15) is 9.59 Å². The minimum absolute atomic E-state index is 0.0451. The van der Waals surface area contributed by atoms with Gasteiger partial charge in [0.2, 0.25) is 5.91 Å². The van der Waals surface area contributed by atoms with Gasteiger partial charge in [0.1, 0.15) is 0 Å². The summed E-state index contributed by atoms with van der Waals surface area (Å²) in [6.07, 6.45) is 1.36. The molecule has 0 aliphatic rings. The number of carbonyl (C=O) groups excluding carboxylic acids is 2. The van der Waals surface area contributed by atoms with Gasteiger partial charge in [0.05, 0.1) is 4.88 Å². The van der Waals surface area contributed by atoms with Gasteiger partial charge in [-0.05, 0) is 41.5 Å². The van der Waals surface area contributed by atoms with Crippen molar-refractivity contribution in [3.63, 3.8) is 0 Å². The Morgan fingerprint density at radius 1 is 1.09 bits per heavy atom. The topological polar surface area (TPSA) is 46.2 Å². The van der Waals surface area contributed by atoms with Crippen LogP contribution in [0, 0.1) is 0 Å². The maximum atomic E-state index is 11.9. The molecule has 0 atom stereocenters. The number of hydrogen-bond acceptors (Lipinski definition) is 3. The van der Waals surface area contributed by atoms with Crippen molar-refractivity contribution in [2.45, 2.75) is 39.0 Å². The molecule has 0 aliphatic carbocycles. The summed E-state index contributed by atoms with van der Waals surface area (Å²) < 4.78 is 0. The predicted octanol–water partition coefficient (Wildman–Crippen LogP) is 4.86. The maximum absolute atomic E-state index is 11.9. The highest BCUT2D eigenvalue weighted by molar-refractivity contribution is 7.12. The van der Waals surface area contributed by atoms with Gasteiger partial charge in [-0.1, -0.05) is 32.0 Å². The van der Waals surface area contributed by atoms with Crippen molar-refractivity contribution in [1.82, 2.24) is 0 Å². The molecule has 116 valence electrons. The molecule has 4 heteroatoms. The molecule has 0 aliphatic heterocycles. The minimum Gasteiger partial charge on any atom is -0.326 e. The van der Waals surface area contributed by atoms with Gasteiger partial charge in [0.25, 0.3) is 0 Å². The maximum Gasteiger partial charge on any atom is 0.224 e. The lowest BCUT2D eigenvalue weighted by molar-refractivity contribution is -0.116. The summed E-state index contributed by atoms with van der Waals surface area (Å²) in [7, 11) is 0. The Balaban J connectivity index is 1.75. The van der Waals surface area contributed by atoms with Crippen molar-refractivity contribution < 1.29 is 9.59 Å². The average molecular weight is 315 g/mol. The molecule has 0 fully saturated rings. The number of Topliss-reactive ketones (excluding diaryl/α,β-unsaturated/α-hetero) is 1. The molecule has 1 heterocycles. The number of hydrogen-bond donors (Lipinski definition) is 1. The third-order valence-corrected chi connectivity index (χ3v) is 4.38. The summed E-state index contributed by atoms with van der Waals surface area (Å²) in [4.78, 5) is 24.5. The van der Waals surface area contributed by atoms with Gasteiger partial charge in [-0.3, -0.25) is 9.59 Å². The first kappa shape index (κ1) is 16.4. The molecule has 1 aromatic heterocycles. The molecule has 1 N–H and O–H groups in total. The third kappa shape index (κ3) is 4.81. The first-order chi connectivity index (χ1) is 10.6. The fourth-order valence-corrected chi connectivity index (χ4v) is 2.84. The minimum atomic E-state index is -0.0451. The third-order valence-electron chi connectivity index (χ3n) is 3.46. The molecule has 2 aromatic rings. The van der Waals surface area contributed by atoms with Crippen LogP contribution in [0.25, 0.3) is 0 Å². The van der Waals surface area contributed by atoms with Crippen LogP contribution in [-0.4, -0.2) is 11.7 Å². The molecule has 1 aromatic carbocycles. The Bertz CT molecular complexity index is 615. The normalized spacial score (nSPS) is 10.7. The van der Waals surface area contributed by atoms with Crippen molar-refractivity contribution in [2.75, 3.05) is 5.32 Å². The number of amides is 1. The van der Waals surface area contributed by atoms with Crippen LogP contribution in [0.1, 0.15) is 54.3 Å². The molecule has 0 bridgehead atoms. The van der Waals surface area contributed by atoms with Gasteiger partial charge in [0, 0.05) is 18.5 Å². The monoisotopic (exact) mass is 315 g/mol. The van der Waals surface area contributed by atoms with Crippen molar-refractivity contribution >= 4 is 28.7 Å². The lowest BCUT2D eigenvalue weighted by atomic mass is 10.0. The van der Waals surface area contributed by atoms with Gasteiger partial charge in [-0.25, -0.2) is 0 Å². The number of benzene rings is 1. The summed E-state index contributed by atoms with van der Waals surface area (Å²) in [6, 6.07) is 11.6. The van der Waals surface area contributed by atoms with E-state index in [-0.39, 0.29) is 11.7 Å². The van der Waals surface area contributed by atoms with Crippen LogP contribution in [-0.2, 0) is 4.79 Å². The largest absolute Gasteiger partial charge is 0.326 e. The van der Waals surface area contributed by atoms with Crippen molar-refractivity contribution in [3.8, 4) is 0 Å². The van der Waals surface area contributed by atoms with Crippen LogP contribution in [0.4, 0.5) is 5.69 Å². The van der Waals surface area contributed by atoms with Crippen molar-refractivity contribution in [2.24, 2.45) is 0 Å². The lowest BCUT2D eigenvalue weighted by Gasteiger charge is -2.08. The van der Waals surface area contributed by atoms with E-state index in [2.05, 4.69) is 19.2 Å². The van der Waals surface area contributed by atoms with E-state index in [4.69, 9.17) is 0 Å². The predicted molar refractivity (Wildman–Crippen MR) is 91.7 cm³/mol. The van der Waals surface area contributed by atoms with Crippen LogP contribution in [0.2, 0.25) is 0 Å². The Morgan fingerprint density at radius 2 is 1.82 bits per heavy atom. The van der Waals surface area contributed by atoms with E-state index >= 15 is 0 Å². The first-order valence-electron chi connectivity index (χ1n) is 7.53. The summed E-state index contributed by atoms with van der Waals surface area (Å²) >= 11 is 1.45. The number of thiophene rings is 1. The SMILES string of the molecule is CC(C)c1ccc(NC(=O)CCCC(=O)c2cccs2)cc1. The summed E-state index contributed by atoms with van der Waals surface area (Å²) in [5, 5.41) is 4.76. The van der Waals surface area contributed by atoms with E-state index in [0.29, 0.717) is 25.2 Å². The van der Waals surface area contributed by atoms with Gasteiger partial charge in [-0.15, -0.1) is 11.3 Å². The molecular formula is C18H21NO2S. The van der Waals surface area contributed by atoms with Crippen LogP contribution in [0.3, 0.4) is 0 Å². The number of ketones is 1. The van der Waals surface area contributed by atoms with Crippen molar-refractivity contribution in [3.05, 3.63) is 52.2 Å². The van der Waals surface area contributed by atoms with Gasteiger partial charge < -0.3 is 5.32 Å². The summed E-state index contributed by atoms with van der Waals surface area (Å²) in [6.45, 7) is 4.27. The van der Waals surface area contributed by atoms with Crippen LogP contribution >= 0.6 is 11.3 Å². The number of anilines is 1. The van der Waals surface area contributed by atoms with Crippen LogP contribution in [0.5, 0.6) is 0 Å². The summed E-state index contributed by atoms with van der Waals surface area (Å²) in [5.74, 6) is 0.549. The highest BCUT2D eigenvalue weighted by Crippen LogP contribution is 2.18. The average Bonchev–Trinajstić information content (AvgIpc) is 3.02. The molecule has 0 saturated heterocycles. The highest BCUT2D eigenvalue weighted by Gasteiger charge is 2.09. The van der Waals surface area contributed by atoms with Crippen LogP contribution < -0.4 is 5.32 Å². The Hall–Kier alpha value is -1.94. The molecule has 0 radical (unpaired) electrons. The first-order valence-corrected chi connectivity index (χ1v) is 8.40. The zero-order valence-corrected chi connectivity index (χ0v) is 13.8. The van der Waals surface area contributed by atoms with Crippen LogP contribution in [0.15, 0.2) is 41.8 Å². The Kier molecular flexibility index (Phi) is 5.90.